The largest absolute Gasteiger partial charge is 0.208 e. The molecule has 0 unspecified atom stereocenters. The van der Waals surface area contributed by atoms with Gasteiger partial charge in [-0.2, -0.15) is 0 Å². The van der Waals surface area contributed by atoms with Crippen LogP contribution < -0.4 is 10.4 Å². The van der Waals surface area contributed by atoms with Crippen molar-refractivity contribution < 1.29 is 11.0 Å². The Morgan fingerprint density at radius 3 is 1.40 bits per heavy atom. The summed E-state index contributed by atoms with van der Waals surface area (Å²) in [6, 6.07) is 26.5. The van der Waals surface area contributed by atoms with Gasteiger partial charge in [0.05, 0.1) is 27.1 Å². The summed E-state index contributed by atoms with van der Waals surface area (Å²) in [7, 11) is -3.26. The Hall–Kier alpha value is -5.24. The molecule has 0 saturated carbocycles. The molecular weight excluding hydrogens is 675 g/mol. The van der Waals surface area contributed by atoms with Crippen molar-refractivity contribution in [2.75, 3.05) is 0 Å². The standard InChI is InChI=1S/C48H47N3Si2/c1-48(2)43-18-10-9-17-41(43)42-28-23-37(31-44(42)48)35-14-11-13-34(29-35)36-15-12-16-38(30-36)47-50-45(32-19-24-39(25-20-32)52(3,4)5)49-46(51-47)33-21-26-40(27-22-33)53(6,7)8/h9-31H,1-8H3/i11D,12D,13D,14D,15D,16D,29D,30D. The normalized spacial score (nSPS) is 15.5. The molecule has 53 heavy (non-hydrogen) atoms. The molecule has 0 aliphatic heterocycles. The molecule has 0 N–H and O–H groups in total. The molecule has 1 aliphatic rings. The summed E-state index contributed by atoms with van der Waals surface area (Å²) in [5.74, 6) is 0.545. The van der Waals surface area contributed by atoms with Gasteiger partial charge in [0.2, 0.25) is 0 Å². The maximum absolute atomic E-state index is 9.67. The van der Waals surface area contributed by atoms with Gasteiger partial charge >= 0.3 is 0 Å². The Balaban J connectivity index is 1.35. The molecule has 0 fully saturated rings. The number of hydrogen-bond donors (Lipinski definition) is 0. The molecular formula is C48H47N3Si2. The number of rotatable bonds is 7. The Labute approximate surface area is 328 Å². The van der Waals surface area contributed by atoms with E-state index in [-0.39, 0.29) is 45.6 Å². The maximum atomic E-state index is 9.67. The lowest BCUT2D eigenvalue weighted by atomic mass is 9.81. The van der Waals surface area contributed by atoms with Crippen LogP contribution in [0.3, 0.4) is 0 Å². The number of hydrogen-bond acceptors (Lipinski definition) is 3. The van der Waals surface area contributed by atoms with Gasteiger partial charge in [-0.3, -0.25) is 0 Å². The van der Waals surface area contributed by atoms with Crippen LogP contribution in [0.25, 0.3) is 67.5 Å². The van der Waals surface area contributed by atoms with E-state index in [1.165, 1.54) is 10.4 Å². The molecule has 1 heterocycles. The average molecular weight is 730 g/mol. The number of fused-ring (bicyclic) bond motifs is 3. The Morgan fingerprint density at radius 2 is 0.868 bits per heavy atom. The molecule has 5 heteroatoms. The van der Waals surface area contributed by atoms with E-state index in [0.29, 0.717) is 28.3 Å². The van der Waals surface area contributed by atoms with E-state index in [2.05, 4.69) is 89.5 Å². The summed E-state index contributed by atoms with van der Waals surface area (Å²) < 4.78 is 73.8. The number of nitrogens with zero attached hydrogens (tertiary/aromatic N) is 3. The third-order valence-electron chi connectivity index (χ3n) is 10.2. The maximum Gasteiger partial charge on any atom is 0.164 e. The van der Waals surface area contributed by atoms with Gasteiger partial charge < -0.3 is 0 Å². The smallest absolute Gasteiger partial charge is 0.164 e. The SMILES string of the molecule is [2H]c1c([2H])c(-c2ccc3c(c2)C(C)(C)c2ccccc2-3)c([2H])c(-c2c([2H])c([2H])c([2H])c(-c3nc(-c4ccc([Si](C)(C)C)cc4)nc(-c4ccc([Si](C)(C)C)cc4)n3)c2[2H])c1[2H]. The summed E-state index contributed by atoms with van der Waals surface area (Å²) in [4.78, 5) is 14.6. The second kappa shape index (κ2) is 13.0. The highest BCUT2D eigenvalue weighted by Gasteiger charge is 2.35. The molecule has 0 amide bonds. The van der Waals surface area contributed by atoms with Crippen molar-refractivity contribution in [3.8, 4) is 67.5 Å². The van der Waals surface area contributed by atoms with E-state index in [1.807, 2.05) is 54.6 Å². The van der Waals surface area contributed by atoms with Crippen LogP contribution in [0, 0.1) is 0 Å². The zero-order chi connectivity index (χ0) is 44.1. The van der Waals surface area contributed by atoms with Crippen molar-refractivity contribution in [1.82, 2.24) is 15.0 Å². The molecule has 0 radical (unpaired) electrons. The van der Waals surface area contributed by atoms with Crippen molar-refractivity contribution in [2.24, 2.45) is 0 Å². The van der Waals surface area contributed by atoms with Gasteiger partial charge in [0.25, 0.3) is 0 Å². The molecule has 262 valence electrons. The van der Waals surface area contributed by atoms with Crippen molar-refractivity contribution in [2.45, 2.75) is 58.5 Å². The summed E-state index contributed by atoms with van der Waals surface area (Å²) in [5.41, 5.74) is 5.24. The lowest BCUT2D eigenvalue weighted by Gasteiger charge is -2.22. The predicted molar refractivity (Wildman–Crippen MR) is 231 cm³/mol. The predicted octanol–water partition coefficient (Wildman–Crippen LogP) is 11.6. The van der Waals surface area contributed by atoms with Gasteiger partial charge in [-0.05, 0) is 62.7 Å². The van der Waals surface area contributed by atoms with Crippen molar-refractivity contribution >= 4 is 26.5 Å². The fraction of sp³-hybridized carbons (Fsp3) is 0.188. The van der Waals surface area contributed by atoms with Gasteiger partial charge in [0.1, 0.15) is 0 Å². The zero-order valence-corrected chi connectivity index (χ0v) is 33.5. The lowest BCUT2D eigenvalue weighted by Crippen LogP contribution is -2.37. The minimum absolute atomic E-state index is 0.0600. The van der Waals surface area contributed by atoms with Crippen molar-refractivity contribution in [1.29, 1.82) is 0 Å². The minimum atomic E-state index is -1.63. The van der Waals surface area contributed by atoms with Crippen molar-refractivity contribution in [3.05, 3.63) is 150 Å². The zero-order valence-electron chi connectivity index (χ0n) is 39.5. The number of benzene rings is 6. The van der Waals surface area contributed by atoms with Gasteiger partial charge in [0.15, 0.2) is 17.5 Å². The first kappa shape index (κ1) is 26.5. The monoisotopic (exact) mass is 729 g/mol. The van der Waals surface area contributed by atoms with Crippen LogP contribution in [0.4, 0.5) is 0 Å². The molecule has 7 aromatic rings. The van der Waals surface area contributed by atoms with Gasteiger partial charge in [0, 0.05) is 22.1 Å². The van der Waals surface area contributed by atoms with Crippen LogP contribution in [0.1, 0.15) is 35.9 Å². The van der Waals surface area contributed by atoms with Crippen LogP contribution in [0.15, 0.2) is 139 Å². The van der Waals surface area contributed by atoms with Crippen LogP contribution in [0.5, 0.6) is 0 Å². The third kappa shape index (κ3) is 6.64. The topological polar surface area (TPSA) is 38.7 Å². The Morgan fingerprint density at radius 1 is 0.453 bits per heavy atom. The van der Waals surface area contributed by atoms with Crippen LogP contribution in [-0.2, 0) is 5.41 Å². The molecule has 1 aliphatic carbocycles. The second-order valence-corrected chi connectivity index (χ2v) is 26.5. The molecule has 1 aromatic heterocycles. The number of aromatic nitrogens is 3. The molecule has 0 spiro atoms. The summed E-state index contributed by atoms with van der Waals surface area (Å²) in [6.07, 6.45) is 0. The quantitative estimate of drug-likeness (QED) is 0.153. The summed E-state index contributed by atoms with van der Waals surface area (Å²) in [6.45, 7) is 17.9. The van der Waals surface area contributed by atoms with E-state index in [1.54, 1.807) is 0 Å². The fourth-order valence-corrected chi connectivity index (χ4v) is 9.37. The molecule has 0 atom stereocenters. The molecule has 0 bridgehead atoms. The van der Waals surface area contributed by atoms with Gasteiger partial charge in [-0.25, -0.2) is 15.0 Å². The van der Waals surface area contributed by atoms with E-state index in [9.17, 15) is 2.74 Å². The van der Waals surface area contributed by atoms with Gasteiger partial charge in [-0.1, -0.05) is 185 Å². The van der Waals surface area contributed by atoms with E-state index < -0.39 is 52.4 Å². The minimum Gasteiger partial charge on any atom is -0.208 e. The first-order chi connectivity index (χ1) is 28.6. The highest BCUT2D eigenvalue weighted by Crippen LogP contribution is 2.49. The van der Waals surface area contributed by atoms with Crippen LogP contribution >= 0.6 is 0 Å². The Bertz CT molecular complexity index is 2860. The first-order valence-electron chi connectivity index (χ1n) is 22.0. The summed E-state index contributed by atoms with van der Waals surface area (Å²) in [5, 5.41) is 2.50. The highest BCUT2D eigenvalue weighted by atomic mass is 28.3. The molecule has 8 rings (SSSR count). The fourth-order valence-electron chi connectivity index (χ4n) is 7.04. The van der Waals surface area contributed by atoms with Crippen molar-refractivity contribution in [3.63, 3.8) is 0 Å². The van der Waals surface area contributed by atoms with Crippen LogP contribution in [0.2, 0.25) is 39.3 Å². The molecule has 6 aromatic carbocycles. The average Bonchev–Trinajstić information content (AvgIpc) is 3.45. The highest BCUT2D eigenvalue weighted by molar-refractivity contribution is 6.89. The third-order valence-corrected chi connectivity index (χ3v) is 14.4. The van der Waals surface area contributed by atoms with E-state index in [4.69, 9.17) is 23.2 Å². The Kier molecular flexibility index (Phi) is 6.51. The molecule has 3 nitrogen and oxygen atoms in total. The van der Waals surface area contributed by atoms with E-state index in [0.717, 1.165) is 22.3 Å². The lowest BCUT2D eigenvalue weighted by molar-refractivity contribution is 0.660. The second-order valence-electron chi connectivity index (χ2n) is 16.4. The first-order valence-corrected chi connectivity index (χ1v) is 25.0. The van der Waals surface area contributed by atoms with E-state index >= 15 is 0 Å². The summed E-state index contributed by atoms with van der Waals surface area (Å²) >= 11 is 0. The molecule has 0 saturated heterocycles. The van der Waals surface area contributed by atoms with Crippen LogP contribution in [-0.4, -0.2) is 31.1 Å². The van der Waals surface area contributed by atoms with Gasteiger partial charge in [-0.15, -0.1) is 0 Å².